The van der Waals surface area contributed by atoms with Crippen LogP contribution in [0.4, 0.5) is 10.1 Å². The van der Waals surface area contributed by atoms with Crippen molar-refractivity contribution in [3.8, 4) is 0 Å². The van der Waals surface area contributed by atoms with E-state index in [1.807, 2.05) is 24.3 Å². The van der Waals surface area contributed by atoms with E-state index in [1.54, 1.807) is 24.2 Å². The number of hydrogen-bond acceptors (Lipinski definition) is 7. The molecule has 2 aromatic heterocycles. The summed E-state index contributed by atoms with van der Waals surface area (Å²) in [4.78, 5) is 8.80. The van der Waals surface area contributed by atoms with Crippen LogP contribution < -0.4 is 4.90 Å². The highest BCUT2D eigenvalue weighted by molar-refractivity contribution is 5.46. The summed E-state index contributed by atoms with van der Waals surface area (Å²) in [5, 5.41) is 12.4. The summed E-state index contributed by atoms with van der Waals surface area (Å²) in [7, 11) is 1.67. The molecule has 4 rings (SSSR count). The van der Waals surface area contributed by atoms with Crippen molar-refractivity contribution < 1.29 is 9.13 Å². The zero-order valence-corrected chi connectivity index (χ0v) is 16.4. The number of halogens is 1. The molecular formula is C20H24FN7O. The van der Waals surface area contributed by atoms with E-state index < -0.39 is 0 Å². The van der Waals surface area contributed by atoms with Crippen molar-refractivity contribution >= 4 is 5.69 Å². The molecule has 1 aliphatic rings. The van der Waals surface area contributed by atoms with Crippen LogP contribution in [0, 0.1) is 5.82 Å². The molecule has 1 fully saturated rings. The molecule has 29 heavy (non-hydrogen) atoms. The number of nitrogens with zero attached hydrogens (tertiary/aromatic N) is 7. The molecule has 1 saturated heterocycles. The second kappa shape index (κ2) is 9.06. The molecule has 0 radical (unpaired) electrons. The molecule has 0 amide bonds. The number of ether oxygens (including phenoxy) is 1. The Balaban J connectivity index is 1.55. The molecule has 1 aliphatic heterocycles. The predicted octanol–water partition coefficient (Wildman–Crippen LogP) is 1.77. The summed E-state index contributed by atoms with van der Waals surface area (Å²) in [6.45, 7) is 4.48. The average Bonchev–Trinajstić information content (AvgIpc) is 3.22. The molecule has 3 heterocycles. The fraction of sp³-hybridized carbons (Fsp3) is 0.400. The van der Waals surface area contributed by atoms with E-state index in [1.165, 1.54) is 12.1 Å². The fourth-order valence-corrected chi connectivity index (χ4v) is 3.70. The Labute approximate surface area is 168 Å². The van der Waals surface area contributed by atoms with Crippen molar-refractivity contribution in [2.45, 2.75) is 12.6 Å². The SMILES string of the molecule is COCCn1nnnc1C(c1ccncc1)N1CCN(c2ccc(F)cc2)CC1. The Bertz CT molecular complexity index is 895. The lowest BCUT2D eigenvalue weighted by Gasteiger charge is -2.39. The number of tetrazole rings is 1. The van der Waals surface area contributed by atoms with Crippen LogP contribution in [0.5, 0.6) is 0 Å². The molecule has 9 heteroatoms. The number of piperazine rings is 1. The number of hydrogen-bond donors (Lipinski definition) is 0. The van der Waals surface area contributed by atoms with E-state index in [-0.39, 0.29) is 11.9 Å². The minimum Gasteiger partial charge on any atom is -0.383 e. The third kappa shape index (κ3) is 4.41. The highest BCUT2D eigenvalue weighted by Gasteiger charge is 2.30. The summed E-state index contributed by atoms with van der Waals surface area (Å²) < 4.78 is 20.2. The maximum absolute atomic E-state index is 13.2. The lowest BCUT2D eigenvalue weighted by molar-refractivity contribution is 0.171. The van der Waals surface area contributed by atoms with Crippen LogP contribution in [0.25, 0.3) is 0 Å². The highest BCUT2D eigenvalue weighted by Crippen LogP contribution is 2.28. The molecule has 1 unspecified atom stereocenters. The Morgan fingerprint density at radius 2 is 1.76 bits per heavy atom. The minimum absolute atomic E-state index is 0.0692. The minimum atomic E-state index is -0.215. The van der Waals surface area contributed by atoms with Gasteiger partial charge in [0.05, 0.1) is 19.2 Å². The van der Waals surface area contributed by atoms with Gasteiger partial charge < -0.3 is 9.64 Å². The van der Waals surface area contributed by atoms with Gasteiger partial charge in [0.1, 0.15) is 5.82 Å². The molecular weight excluding hydrogens is 373 g/mol. The van der Waals surface area contributed by atoms with Crippen LogP contribution in [0.15, 0.2) is 48.8 Å². The zero-order valence-electron chi connectivity index (χ0n) is 16.4. The monoisotopic (exact) mass is 397 g/mol. The summed E-state index contributed by atoms with van der Waals surface area (Å²) in [5.74, 6) is 0.580. The van der Waals surface area contributed by atoms with Crippen molar-refractivity contribution in [2.24, 2.45) is 0 Å². The maximum atomic E-state index is 13.2. The van der Waals surface area contributed by atoms with Crippen LogP contribution in [-0.2, 0) is 11.3 Å². The molecule has 152 valence electrons. The number of benzene rings is 1. The van der Waals surface area contributed by atoms with Crippen LogP contribution in [0.1, 0.15) is 17.4 Å². The molecule has 1 aromatic carbocycles. The predicted molar refractivity (Wildman–Crippen MR) is 106 cm³/mol. The topological polar surface area (TPSA) is 72.2 Å². The zero-order chi connectivity index (χ0) is 20.1. The van der Waals surface area contributed by atoms with Gasteiger partial charge in [0.15, 0.2) is 5.82 Å². The first kappa shape index (κ1) is 19.4. The lowest BCUT2D eigenvalue weighted by atomic mass is 10.0. The van der Waals surface area contributed by atoms with Gasteiger partial charge in [-0.2, -0.15) is 0 Å². The third-order valence-corrected chi connectivity index (χ3v) is 5.20. The van der Waals surface area contributed by atoms with Gasteiger partial charge in [-0.1, -0.05) is 0 Å². The number of pyridine rings is 1. The summed E-state index contributed by atoms with van der Waals surface area (Å²) in [6.07, 6.45) is 3.58. The van der Waals surface area contributed by atoms with E-state index in [4.69, 9.17) is 4.74 Å². The molecule has 0 bridgehead atoms. The van der Waals surface area contributed by atoms with E-state index in [0.29, 0.717) is 13.2 Å². The van der Waals surface area contributed by atoms with Gasteiger partial charge in [-0.05, 0) is 52.4 Å². The lowest BCUT2D eigenvalue weighted by Crippen LogP contribution is -2.48. The van der Waals surface area contributed by atoms with Crippen molar-refractivity contribution in [2.75, 3.05) is 44.8 Å². The van der Waals surface area contributed by atoms with Gasteiger partial charge in [0.25, 0.3) is 0 Å². The van der Waals surface area contributed by atoms with Gasteiger partial charge in [0, 0.05) is 51.4 Å². The average molecular weight is 397 g/mol. The Hall–Kier alpha value is -2.91. The van der Waals surface area contributed by atoms with Crippen molar-refractivity contribution in [1.29, 1.82) is 0 Å². The first-order valence-electron chi connectivity index (χ1n) is 9.66. The number of anilines is 1. The van der Waals surface area contributed by atoms with Crippen LogP contribution >= 0.6 is 0 Å². The van der Waals surface area contributed by atoms with Gasteiger partial charge >= 0.3 is 0 Å². The maximum Gasteiger partial charge on any atom is 0.173 e. The van der Waals surface area contributed by atoms with Gasteiger partial charge in [-0.15, -0.1) is 5.10 Å². The van der Waals surface area contributed by atoms with Crippen LogP contribution in [0.2, 0.25) is 0 Å². The highest BCUT2D eigenvalue weighted by atomic mass is 19.1. The molecule has 0 aliphatic carbocycles. The first-order valence-corrected chi connectivity index (χ1v) is 9.66. The molecule has 0 N–H and O–H groups in total. The summed E-state index contributed by atoms with van der Waals surface area (Å²) >= 11 is 0. The standard InChI is InChI=1S/C20H24FN7O/c1-29-15-14-28-20(23-24-25-28)19(16-6-8-22-9-7-16)27-12-10-26(11-13-27)18-4-2-17(21)3-5-18/h2-9,19H,10-15H2,1H3. The Kier molecular flexibility index (Phi) is 6.06. The molecule has 8 nitrogen and oxygen atoms in total. The smallest absolute Gasteiger partial charge is 0.173 e. The van der Waals surface area contributed by atoms with Gasteiger partial charge in [-0.3, -0.25) is 9.88 Å². The molecule has 0 spiro atoms. The van der Waals surface area contributed by atoms with Crippen LogP contribution in [-0.4, -0.2) is 70.0 Å². The first-order chi connectivity index (χ1) is 14.3. The second-order valence-corrected chi connectivity index (χ2v) is 6.94. The van der Waals surface area contributed by atoms with E-state index in [9.17, 15) is 4.39 Å². The van der Waals surface area contributed by atoms with Crippen molar-refractivity contribution in [3.63, 3.8) is 0 Å². The Morgan fingerprint density at radius 3 is 2.45 bits per heavy atom. The van der Waals surface area contributed by atoms with Crippen molar-refractivity contribution in [1.82, 2.24) is 30.1 Å². The van der Waals surface area contributed by atoms with Gasteiger partial charge in [-0.25, -0.2) is 9.07 Å². The van der Waals surface area contributed by atoms with Crippen molar-refractivity contribution in [3.05, 3.63) is 66.0 Å². The van der Waals surface area contributed by atoms with Gasteiger partial charge in [0.2, 0.25) is 0 Å². The number of methoxy groups -OCH3 is 1. The Morgan fingerprint density at radius 1 is 1.03 bits per heavy atom. The molecule has 0 saturated carbocycles. The summed E-state index contributed by atoms with van der Waals surface area (Å²) in [5.41, 5.74) is 2.14. The van der Waals surface area contributed by atoms with E-state index in [0.717, 1.165) is 43.3 Å². The van der Waals surface area contributed by atoms with E-state index in [2.05, 4.69) is 30.3 Å². The quantitative estimate of drug-likeness (QED) is 0.602. The second-order valence-electron chi connectivity index (χ2n) is 6.94. The molecule has 3 aromatic rings. The van der Waals surface area contributed by atoms with E-state index >= 15 is 0 Å². The normalized spacial score (nSPS) is 16.1. The van der Waals surface area contributed by atoms with Crippen LogP contribution in [0.3, 0.4) is 0 Å². The molecule has 1 atom stereocenters. The largest absolute Gasteiger partial charge is 0.383 e. The number of aromatic nitrogens is 5. The fourth-order valence-electron chi connectivity index (χ4n) is 3.70. The third-order valence-electron chi connectivity index (χ3n) is 5.20. The number of rotatable bonds is 7. The summed E-state index contributed by atoms with van der Waals surface area (Å²) in [6, 6.07) is 10.6.